The summed E-state index contributed by atoms with van der Waals surface area (Å²) in [4.78, 5) is 11.7. The maximum atomic E-state index is 11.7. The molecule has 0 saturated heterocycles. The van der Waals surface area contributed by atoms with Crippen molar-refractivity contribution in [2.75, 3.05) is 7.05 Å². The van der Waals surface area contributed by atoms with Gasteiger partial charge in [-0.1, -0.05) is 44.2 Å². The fourth-order valence-corrected chi connectivity index (χ4v) is 2.70. The molecule has 0 unspecified atom stereocenters. The Balaban J connectivity index is 2.02. The van der Waals surface area contributed by atoms with E-state index >= 15 is 0 Å². The Morgan fingerprint density at radius 1 is 1.21 bits per heavy atom. The average Bonchev–Trinajstić information content (AvgIpc) is 2.26. The molecule has 102 valence electrons. The number of benzene rings is 1. The molecule has 19 heavy (non-hydrogen) atoms. The largest absolute Gasteiger partial charge is 0.299 e. The molecular formula is C16H22N2O. The highest BCUT2D eigenvalue weighted by Crippen LogP contribution is 2.31. The summed E-state index contributed by atoms with van der Waals surface area (Å²) in [7, 11) is 1.96. The van der Waals surface area contributed by atoms with Crippen molar-refractivity contribution in [2.24, 2.45) is 10.5 Å². The fraction of sp³-hybridized carbons (Fsp3) is 0.500. The summed E-state index contributed by atoms with van der Waals surface area (Å²) < 4.78 is 0. The number of hydrazone groups is 1. The van der Waals surface area contributed by atoms with E-state index in [9.17, 15) is 4.79 Å². The van der Waals surface area contributed by atoms with E-state index in [0.29, 0.717) is 18.6 Å². The lowest BCUT2D eigenvalue weighted by molar-refractivity contribution is -0.120. The first kappa shape index (κ1) is 13.8. The highest BCUT2D eigenvalue weighted by Gasteiger charge is 2.30. The first-order valence-electron chi connectivity index (χ1n) is 6.78. The third-order valence-corrected chi connectivity index (χ3v) is 3.33. The number of ketones is 1. The molecule has 0 aromatic heterocycles. The summed E-state index contributed by atoms with van der Waals surface area (Å²) in [6.07, 6.45) is 2.11. The van der Waals surface area contributed by atoms with Crippen molar-refractivity contribution in [2.45, 2.75) is 39.7 Å². The predicted molar refractivity (Wildman–Crippen MR) is 78.0 cm³/mol. The van der Waals surface area contributed by atoms with Crippen LogP contribution in [-0.2, 0) is 11.3 Å². The topological polar surface area (TPSA) is 32.7 Å². The van der Waals surface area contributed by atoms with E-state index in [1.807, 2.05) is 30.3 Å². The lowest BCUT2D eigenvalue weighted by atomic mass is 9.76. The summed E-state index contributed by atoms with van der Waals surface area (Å²) in [5.41, 5.74) is 2.30. The number of carbonyl (C=O) groups excluding carboxylic acids is 1. The third kappa shape index (κ3) is 4.19. The highest BCUT2D eigenvalue weighted by molar-refractivity contribution is 6.04. The number of rotatable bonds is 3. The molecule has 1 aliphatic carbocycles. The second-order valence-corrected chi connectivity index (χ2v) is 6.20. The van der Waals surface area contributed by atoms with Crippen LogP contribution in [0.2, 0.25) is 0 Å². The Kier molecular flexibility index (Phi) is 4.03. The smallest absolute Gasteiger partial charge is 0.139 e. The standard InChI is InChI=1S/C16H22N2O/c1-16(2)10-14(9-15(19)11-16)17-18(3)12-13-7-5-4-6-8-13/h4-8H,9-12H2,1-3H3. The number of carbonyl (C=O) groups is 1. The second kappa shape index (κ2) is 5.55. The normalized spacial score (nSPS) is 20.6. The first-order chi connectivity index (χ1) is 8.94. The molecule has 0 radical (unpaired) electrons. The van der Waals surface area contributed by atoms with Crippen LogP contribution in [0, 0.1) is 5.41 Å². The van der Waals surface area contributed by atoms with Gasteiger partial charge in [0.2, 0.25) is 0 Å². The summed E-state index contributed by atoms with van der Waals surface area (Å²) in [5, 5.41) is 6.54. The van der Waals surface area contributed by atoms with Gasteiger partial charge in [0.05, 0.1) is 6.54 Å². The van der Waals surface area contributed by atoms with Crippen LogP contribution in [0.3, 0.4) is 0 Å². The van der Waals surface area contributed by atoms with E-state index in [1.54, 1.807) is 0 Å². The Hall–Kier alpha value is -1.64. The summed E-state index contributed by atoms with van der Waals surface area (Å²) in [5.74, 6) is 0.308. The Labute approximate surface area is 115 Å². The van der Waals surface area contributed by atoms with E-state index < -0.39 is 0 Å². The van der Waals surface area contributed by atoms with E-state index in [4.69, 9.17) is 0 Å². The molecule has 1 fully saturated rings. The van der Waals surface area contributed by atoms with Gasteiger partial charge in [-0.25, -0.2) is 0 Å². The lowest BCUT2D eigenvalue weighted by Gasteiger charge is -2.30. The summed E-state index contributed by atoms with van der Waals surface area (Å²) >= 11 is 0. The van der Waals surface area contributed by atoms with Crippen LogP contribution in [0.4, 0.5) is 0 Å². The number of Topliss-reactive ketones (excluding diaryl/α,β-unsaturated/α-hetero) is 1. The maximum absolute atomic E-state index is 11.7. The minimum absolute atomic E-state index is 0.0573. The van der Waals surface area contributed by atoms with Crippen molar-refractivity contribution < 1.29 is 4.79 Å². The van der Waals surface area contributed by atoms with Gasteiger partial charge in [-0.3, -0.25) is 9.80 Å². The lowest BCUT2D eigenvalue weighted by Crippen LogP contribution is -2.30. The molecule has 2 rings (SSSR count). The van der Waals surface area contributed by atoms with Crippen LogP contribution in [0.15, 0.2) is 35.4 Å². The molecule has 0 aliphatic heterocycles. The van der Waals surface area contributed by atoms with Crippen molar-refractivity contribution in [3.05, 3.63) is 35.9 Å². The number of hydrogen-bond donors (Lipinski definition) is 0. The van der Waals surface area contributed by atoms with Crippen LogP contribution >= 0.6 is 0 Å². The van der Waals surface area contributed by atoms with Crippen LogP contribution in [0.1, 0.15) is 38.7 Å². The zero-order valence-corrected chi connectivity index (χ0v) is 12.0. The maximum Gasteiger partial charge on any atom is 0.139 e. The molecule has 3 nitrogen and oxygen atoms in total. The molecule has 0 amide bonds. The molecular weight excluding hydrogens is 236 g/mol. The van der Waals surface area contributed by atoms with Crippen LogP contribution in [0.5, 0.6) is 0 Å². The van der Waals surface area contributed by atoms with Crippen molar-refractivity contribution in [3.8, 4) is 0 Å². The molecule has 1 aliphatic rings. The quantitative estimate of drug-likeness (QED) is 0.780. The van der Waals surface area contributed by atoms with Gasteiger partial charge < -0.3 is 0 Å². The number of hydrogen-bond acceptors (Lipinski definition) is 3. The van der Waals surface area contributed by atoms with Gasteiger partial charge in [0.1, 0.15) is 5.78 Å². The van der Waals surface area contributed by atoms with Gasteiger partial charge in [0.15, 0.2) is 0 Å². The molecule has 1 aromatic carbocycles. The Morgan fingerprint density at radius 3 is 2.53 bits per heavy atom. The fourth-order valence-electron chi connectivity index (χ4n) is 2.70. The van der Waals surface area contributed by atoms with Crippen molar-refractivity contribution in [1.82, 2.24) is 5.01 Å². The Bertz CT molecular complexity index is 477. The molecule has 1 saturated carbocycles. The van der Waals surface area contributed by atoms with Crippen LogP contribution in [-0.4, -0.2) is 23.6 Å². The van der Waals surface area contributed by atoms with E-state index in [-0.39, 0.29) is 5.41 Å². The van der Waals surface area contributed by atoms with E-state index in [1.165, 1.54) is 5.56 Å². The van der Waals surface area contributed by atoms with Crippen LogP contribution < -0.4 is 0 Å². The SMILES string of the molecule is CN(Cc1ccccc1)N=C1CC(=O)CC(C)(C)C1. The van der Waals surface area contributed by atoms with Crippen molar-refractivity contribution in [1.29, 1.82) is 0 Å². The minimum Gasteiger partial charge on any atom is -0.299 e. The van der Waals surface area contributed by atoms with Gasteiger partial charge in [0.25, 0.3) is 0 Å². The predicted octanol–water partition coefficient (Wildman–Crippen LogP) is 3.25. The molecule has 0 N–H and O–H groups in total. The minimum atomic E-state index is 0.0573. The van der Waals surface area contributed by atoms with Gasteiger partial charge in [0, 0.05) is 25.6 Å². The zero-order valence-electron chi connectivity index (χ0n) is 12.0. The monoisotopic (exact) mass is 258 g/mol. The van der Waals surface area contributed by atoms with Gasteiger partial charge in [-0.15, -0.1) is 0 Å². The highest BCUT2D eigenvalue weighted by atomic mass is 16.1. The third-order valence-electron chi connectivity index (χ3n) is 3.33. The van der Waals surface area contributed by atoms with Crippen molar-refractivity contribution >= 4 is 11.5 Å². The van der Waals surface area contributed by atoms with Gasteiger partial charge in [-0.05, 0) is 17.4 Å². The first-order valence-corrected chi connectivity index (χ1v) is 6.78. The number of nitrogens with zero attached hydrogens (tertiary/aromatic N) is 2. The molecule has 1 aromatic rings. The molecule has 0 bridgehead atoms. The van der Waals surface area contributed by atoms with E-state index in [0.717, 1.165) is 18.7 Å². The van der Waals surface area contributed by atoms with Crippen molar-refractivity contribution in [3.63, 3.8) is 0 Å². The van der Waals surface area contributed by atoms with E-state index in [2.05, 4.69) is 31.1 Å². The molecule has 0 heterocycles. The molecule has 0 atom stereocenters. The van der Waals surface area contributed by atoms with Gasteiger partial charge >= 0.3 is 0 Å². The summed E-state index contributed by atoms with van der Waals surface area (Å²) in [6, 6.07) is 10.3. The molecule has 3 heteroatoms. The summed E-state index contributed by atoms with van der Waals surface area (Å²) in [6.45, 7) is 5.05. The Morgan fingerprint density at radius 2 is 1.89 bits per heavy atom. The zero-order chi connectivity index (χ0) is 13.9. The second-order valence-electron chi connectivity index (χ2n) is 6.20. The molecule has 0 spiro atoms. The van der Waals surface area contributed by atoms with Crippen LogP contribution in [0.25, 0.3) is 0 Å². The van der Waals surface area contributed by atoms with Gasteiger partial charge in [-0.2, -0.15) is 5.10 Å². The average molecular weight is 258 g/mol.